The van der Waals surface area contributed by atoms with Gasteiger partial charge in [0.05, 0.1) is 6.20 Å². The maximum Gasteiger partial charge on any atom is 0.121 e. The summed E-state index contributed by atoms with van der Waals surface area (Å²) in [4.78, 5) is 2.57. The molecular formula is C13H19Cl2N3. The van der Waals surface area contributed by atoms with Crippen molar-refractivity contribution >= 4 is 23.2 Å². The van der Waals surface area contributed by atoms with Gasteiger partial charge in [0.25, 0.3) is 0 Å². The first kappa shape index (κ1) is 12.8. The second-order valence-electron chi connectivity index (χ2n) is 5.53. The lowest BCUT2D eigenvalue weighted by Crippen LogP contribution is -2.34. The number of aromatic amines is 1. The lowest BCUT2D eigenvalue weighted by atomic mass is 9.97. The molecule has 1 aliphatic heterocycles. The Bertz CT molecular complexity index is 391. The molecular weight excluding hydrogens is 269 g/mol. The summed E-state index contributed by atoms with van der Waals surface area (Å²) >= 11 is 12.2. The smallest absolute Gasteiger partial charge is 0.121 e. The van der Waals surface area contributed by atoms with Crippen molar-refractivity contribution in [1.82, 2.24) is 15.1 Å². The third kappa shape index (κ3) is 2.68. The third-order valence-corrected chi connectivity index (χ3v) is 5.16. The number of hydrogen-bond donors (Lipinski definition) is 1. The van der Waals surface area contributed by atoms with E-state index >= 15 is 0 Å². The van der Waals surface area contributed by atoms with Gasteiger partial charge in [-0.3, -0.25) is 10.00 Å². The van der Waals surface area contributed by atoms with Crippen LogP contribution in [0.15, 0.2) is 12.4 Å². The fourth-order valence-corrected chi connectivity index (χ4v) is 3.57. The summed E-state index contributed by atoms with van der Waals surface area (Å²) < 4.78 is -0.430. The molecule has 1 saturated carbocycles. The number of likely N-dealkylation sites (tertiary alicyclic amines) is 1. The second kappa shape index (κ2) is 5.03. The Morgan fingerprint density at radius 3 is 2.94 bits per heavy atom. The van der Waals surface area contributed by atoms with Crippen molar-refractivity contribution in [2.45, 2.75) is 42.5 Å². The molecule has 2 heterocycles. The van der Waals surface area contributed by atoms with E-state index in [2.05, 4.69) is 15.1 Å². The molecule has 0 aromatic carbocycles. The van der Waals surface area contributed by atoms with Crippen LogP contribution in [0.25, 0.3) is 0 Å². The topological polar surface area (TPSA) is 31.9 Å². The summed E-state index contributed by atoms with van der Waals surface area (Å²) in [7, 11) is 0. The number of nitrogens with zero attached hydrogens (tertiary/aromatic N) is 2. The zero-order valence-electron chi connectivity index (χ0n) is 10.4. The molecule has 0 spiro atoms. The Hall–Kier alpha value is -0.250. The number of rotatable bonds is 4. The van der Waals surface area contributed by atoms with Gasteiger partial charge in [-0.05, 0) is 44.7 Å². The summed E-state index contributed by atoms with van der Waals surface area (Å²) in [5, 5.41) is 6.99. The number of nitrogens with one attached hydrogen (secondary N) is 1. The monoisotopic (exact) mass is 287 g/mol. The van der Waals surface area contributed by atoms with E-state index in [4.69, 9.17) is 23.2 Å². The first-order valence-electron chi connectivity index (χ1n) is 6.77. The number of halogens is 2. The van der Waals surface area contributed by atoms with Crippen LogP contribution in [0.4, 0.5) is 0 Å². The molecule has 0 bridgehead atoms. The Kier molecular flexibility index (Phi) is 3.57. The van der Waals surface area contributed by atoms with Gasteiger partial charge in [0.1, 0.15) is 4.33 Å². The molecule has 5 heteroatoms. The molecule has 3 rings (SSSR count). The van der Waals surface area contributed by atoms with E-state index in [9.17, 15) is 0 Å². The summed E-state index contributed by atoms with van der Waals surface area (Å²) in [6, 6.07) is 0.524. The summed E-state index contributed by atoms with van der Waals surface area (Å²) in [6.45, 7) is 2.28. The van der Waals surface area contributed by atoms with Crippen LogP contribution in [0.2, 0.25) is 0 Å². The van der Waals surface area contributed by atoms with E-state index in [-0.39, 0.29) is 0 Å². The van der Waals surface area contributed by atoms with E-state index in [1.54, 1.807) is 0 Å². The molecule has 2 atom stereocenters. The Balaban J connectivity index is 1.58. The van der Waals surface area contributed by atoms with Gasteiger partial charge in [0.15, 0.2) is 0 Å². The molecule has 0 radical (unpaired) electrons. The largest absolute Gasteiger partial charge is 0.296 e. The van der Waals surface area contributed by atoms with E-state index in [0.29, 0.717) is 12.0 Å². The first-order chi connectivity index (χ1) is 8.67. The molecule has 2 aliphatic rings. The summed E-state index contributed by atoms with van der Waals surface area (Å²) in [6.07, 6.45) is 9.89. The van der Waals surface area contributed by atoms with Crippen molar-refractivity contribution < 1.29 is 0 Å². The van der Waals surface area contributed by atoms with E-state index in [1.165, 1.54) is 31.4 Å². The van der Waals surface area contributed by atoms with Gasteiger partial charge in [0, 0.05) is 17.8 Å². The Morgan fingerprint density at radius 2 is 2.28 bits per heavy atom. The van der Waals surface area contributed by atoms with Crippen molar-refractivity contribution in [3.8, 4) is 0 Å². The van der Waals surface area contributed by atoms with Gasteiger partial charge >= 0.3 is 0 Å². The highest BCUT2D eigenvalue weighted by atomic mass is 35.5. The molecule has 0 amide bonds. The standard InChI is InChI=1S/C13H19Cl2N3/c14-13(15)7-11(13)4-6-18-5-2-1-3-12(18)10-8-16-17-9-10/h8-9,11-12H,1-7H2,(H,16,17)/t11-,12-/m0/s1. The highest BCUT2D eigenvalue weighted by molar-refractivity contribution is 6.50. The predicted molar refractivity (Wildman–Crippen MR) is 73.9 cm³/mol. The molecule has 2 fully saturated rings. The van der Waals surface area contributed by atoms with Gasteiger partial charge < -0.3 is 0 Å². The van der Waals surface area contributed by atoms with Gasteiger partial charge in [-0.25, -0.2) is 0 Å². The number of hydrogen-bond acceptors (Lipinski definition) is 2. The van der Waals surface area contributed by atoms with E-state index < -0.39 is 4.33 Å². The van der Waals surface area contributed by atoms with Crippen LogP contribution in [0.5, 0.6) is 0 Å². The number of aromatic nitrogens is 2. The minimum atomic E-state index is -0.430. The van der Waals surface area contributed by atoms with Gasteiger partial charge in [-0.1, -0.05) is 6.42 Å². The fraction of sp³-hybridized carbons (Fsp3) is 0.769. The average molecular weight is 288 g/mol. The summed E-state index contributed by atoms with van der Waals surface area (Å²) in [5.41, 5.74) is 1.31. The maximum absolute atomic E-state index is 6.09. The molecule has 0 unspecified atom stereocenters. The van der Waals surface area contributed by atoms with E-state index in [1.807, 2.05) is 12.4 Å². The SMILES string of the molecule is ClC1(Cl)C[C@@H]1CCN1CCCC[C@H]1c1cn[nH]c1. The highest BCUT2D eigenvalue weighted by Crippen LogP contribution is 2.55. The zero-order chi connectivity index (χ0) is 12.6. The lowest BCUT2D eigenvalue weighted by molar-refractivity contribution is 0.144. The molecule has 1 aromatic heterocycles. The quantitative estimate of drug-likeness (QED) is 0.860. The molecule has 1 aromatic rings. The van der Waals surface area contributed by atoms with Gasteiger partial charge in [-0.2, -0.15) is 5.10 Å². The van der Waals surface area contributed by atoms with Crippen LogP contribution in [-0.4, -0.2) is 32.5 Å². The number of H-pyrrole nitrogens is 1. The van der Waals surface area contributed by atoms with Crippen LogP contribution in [0.3, 0.4) is 0 Å². The third-order valence-electron chi connectivity index (χ3n) is 4.24. The minimum Gasteiger partial charge on any atom is -0.296 e. The second-order valence-corrected chi connectivity index (χ2v) is 7.07. The molecule has 100 valence electrons. The number of alkyl halides is 2. The molecule has 18 heavy (non-hydrogen) atoms. The molecule has 1 N–H and O–H groups in total. The van der Waals surface area contributed by atoms with Crippen LogP contribution in [0.1, 0.15) is 43.7 Å². The number of piperidine rings is 1. The Morgan fingerprint density at radius 1 is 1.44 bits per heavy atom. The van der Waals surface area contributed by atoms with Crippen LogP contribution < -0.4 is 0 Å². The molecule has 3 nitrogen and oxygen atoms in total. The van der Waals surface area contributed by atoms with Crippen molar-refractivity contribution in [3.63, 3.8) is 0 Å². The minimum absolute atomic E-state index is 0.430. The molecule has 1 saturated heterocycles. The van der Waals surface area contributed by atoms with Crippen molar-refractivity contribution in [2.75, 3.05) is 13.1 Å². The first-order valence-corrected chi connectivity index (χ1v) is 7.53. The summed E-state index contributed by atoms with van der Waals surface area (Å²) in [5.74, 6) is 0.493. The average Bonchev–Trinajstić information content (AvgIpc) is 2.81. The van der Waals surface area contributed by atoms with Gasteiger partial charge in [-0.15, -0.1) is 23.2 Å². The fourth-order valence-electron chi connectivity index (χ4n) is 2.98. The zero-order valence-corrected chi connectivity index (χ0v) is 11.9. The maximum atomic E-state index is 6.09. The van der Waals surface area contributed by atoms with Crippen molar-refractivity contribution in [1.29, 1.82) is 0 Å². The lowest BCUT2D eigenvalue weighted by Gasteiger charge is -2.35. The van der Waals surface area contributed by atoms with Crippen LogP contribution >= 0.6 is 23.2 Å². The van der Waals surface area contributed by atoms with Crippen molar-refractivity contribution in [2.24, 2.45) is 5.92 Å². The van der Waals surface area contributed by atoms with E-state index in [0.717, 1.165) is 19.4 Å². The Labute approximate surface area is 118 Å². The van der Waals surface area contributed by atoms with Crippen LogP contribution in [0, 0.1) is 5.92 Å². The predicted octanol–water partition coefficient (Wildman–Crippen LogP) is 3.52. The van der Waals surface area contributed by atoms with Gasteiger partial charge in [0.2, 0.25) is 0 Å². The normalized spacial score (nSPS) is 31.4. The van der Waals surface area contributed by atoms with Crippen LogP contribution in [-0.2, 0) is 0 Å². The van der Waals surface area contributed by atoms with Crippen molar-refractivity contribution in [3.05, 3.63) is 18.0 Å². The highest BCUT2D eigenvalue weighted by Gasteiger charge is 2.51. The molecule has 1 aliphatic carbocycles.